The number of carbonyl (C=O) groups excluding carboxylic acids is 2. The number of nitrogens with one attached hydrogen (secondary N) is 2. The largest absolute Gasteiger partial charge is 0.497 e. The summed E-state index contributed by atoms with van der Waals surface area (Å²) in [5.41, 5.74) is 6.49. The molecule has 0 radical (unpaired) electrons. The van der Waals surface area contributed by atoms with E-state index < -0.39 is 0 Å². The van der Waals surface area contributed by atoms with Gasteiger partial charge in [0.25, 0.3) is 0 Å². The number of carbonyl (C=O) groups is 2. The van der Waals surface area contributed by atoms with Gasteiger partial charge in [0.1, 0.15) is 5.75 Å². The molecule has 2 amide bonds. The number of rotatable bonds is 7. The lowest BCUT2D eigenvalue weighted by Crippen LogP contribution is -2.26. The quantitative estimate of drug-likeness (QED) is 0.684. The summed E-state index contributed by atoms with van der Waals surface area (Å²) in [6.45, 7) is 2.17. The Kier molecular flexibility index (Phi) is 7.30. The average Bonchev–Trinajstić information content (AvgIpc) is 2.72. The van der Waals surface area contributed by atoms with Gasteiger partial charge in [0.15, 0.2) is 0 Å². The first-order chi connectivity index (χ1) is 14.0. The zero-order valence-electron chi connectivity index (χ0n) is 16.6. The van der Waals surface area contributed by atoms with Crippen molar-refractivity contribution >= 4 is 35.0 Å². The van der Waals surface area contributed by atoms with Crippen molar-refractivity contribution in [3.63, 3.8) is 0 Å². The number of ether oxygens (including phenoxy) is 1. The number of hydrogen-bond acceptors (Lipinski definition) is 5. The maximum absolute atomic E-state index is 12.1. The monoisotopic (exact) mass is 411 g/mol. The summed E-state index contributed by atoms with van der Waals surface area (Å²) >= 11 is 1.26. The van der Waals surface area contributed by atoms with E-state index in [0.29, 0.717) is 5.92 Å². The zero-order chi connectivity index (χ0) is 20.6. The molecule has 0 spiro atoms. The molecule has 0 heterocycles. The van der Waals surface area contributed by atoms with Gasteiger partial charge in [-0.3, -0.25) is 9.59 Å². The Morgan fingerprint density at radius 1 is 1.10 bits per heavy atom. The van der Waals surface area contributed by atoms with E-state index in [9.17, 15) is 9.59 Å². The fourth-order valence-electron chi connectivity index (χ4n) is 3.26. The second-order valence-electron chi connectivity index (χ2n) is 7.04. The van der Waals surface area contributed by atoms with Crippen LogP contribution in [-0.2, 0) is 16.0 Å². The van der Waals surface area contributed by atoms with E-state index in [4.69, 9.17) is 4.74 Å². The molecular weight excluding hydrogens is 386 g/mol. The maximum atomic E-state index is 12.1. The summed E-state index contributed by atoms with van der Waals surface area (Å²) in [5.74, 6) is 1.29. The van der Waals surface area contributed by atoms with Crippen molar-refractivity contribution in [3.05, 3.63) is 59.7 Å². The number of thioether (sulfide) groups is 1. The first-order valence-electron chi connectivity index (χ1n) is 9.50. The Labute approximate surface area is 175 Å². The molecule has 0 saturated carbocycles. The van der Waals surface area contributed by atoms with Crippen LogP contribution in [0, 0.1) is 5.92 Å². The van der Waals surface area contributed by atoms with Gasteiger partial charge in [-0.25, -0.2) is 5.43 Å². The standard InChI is InChI=1S/C22H25N3O3S/c1-15-10-16-12-18(28-2)8-9-19(16)20(11-15)24-25-22(27)14-29-13-21(26)23-17-6-4-3-5-7-17/h3-9,12,15H,10-11,13-14H2,1-2H3,(H,23,26)(H,25,27)/b24-20-/t15-/m0/s1. The second-order valence-corrected chi connectivity index (χ2v) is 8.02. The van der Waals surface area contributed by atoms with Crippen LogP contribution in [0.1, 0.15) is 24.5 Å². The maximum Gasteiger partial charge on any atom is 0.250 e. The third kappa shape index (κ3) is 6.09. The molecule has 152 valence electrons. The molecule has 0 aromatic heterocycles. The number of nitrogens with zero attached hydrogens (tertiary/aromatic N) is 1. The highest BCUT2D eigenvalue weighted by molar-refractivity contribution is 8.00. The molecule has 2 N–H and O–H groups in total. The lowest BCUT2D eigenvalue weighted by molar-refractivity contribution is -0.118. The molecule has 2 aromatic rings. The molecule has 7 heteroatoms. The van der Waals surface area contributed by atoms with Crippen molar-refractivity contribution in [1.82, 2.24) is 5.43 Å². The SMILES string of the molecule is COc1ccc2c(c1)C[C@H](C)C/C2=N/NC(=O)CSCC(=O)Nc1ccccc1. The van der Waals surface area contributed by atoms with Crippen molar-refractivity contribution < 1.29 is 14.3 Å². The molecule has 3 rings (SSSR count). The molecule has 0 aliphatic heterocycles. The number of anilines is 1. The van der Waals surface area contributed by atoms with E-state index in [1.54, 1.807) is 7.11 Å². The Bertz CT molecular complexity index is 899. The second kappa shape index (κ2) is 10.1. The first-order valence-corrected chi connectivity index (χ1v) is 10.7. The number of para-hydroxylation sites is 1. The van der Waals surface area contributed by atoms with E-state index in [1.165, 1.54) is 17.3 Å². The molecule has 1 aliphatic rings. The van der Waals surface area contributed by atoms with Gasteiger partial charge >= 0.3 is 0 Å². The summed E-state index contributed by atoms with van der Waals surface area (Å²) in [4.78, 5) is 24.1. The van der Waals surface area contributed by atoms with Crippen LogP contribution in [0.15, 0.2) is 53.6 Å². The number of amides is 2. The summed E-state index contributed by atoms with van der Waals surface area (Å²) in [7, 11) is 1.65. The molecule has 0 fully saturated rings. The average molecular weight is 412 g/mol. The van der Waals surface area contributed by atoms with Crippen LogP contribution in [0.25, 0.3) is 0 Å². The van der Waals surface area contributed by atoms with Crippen LogP contribution in [0.4, 0.5) is 5.69 Å². The highest BCUT2D eigenvalue weighted by Crippen LogP contribution is 2.28. The van der Waals surface area contributed by atoms with Gasteiger partial charge in [-0.05, 0) is 54.7 Å². The van der Waals surface area contributed by atoms with Gasteiger partial charge in [0.2, 0.25) is 11.8 Å². The highest BCUT2D eigenvalue weighted by atomic mass is 32.2. The van der Waals surface area contributed by atoms with Gasteiger partial charge < -0.3 is 10.1 Å². The molecule has 0 bridgehead atoms. The molecule has 2 aromatic carbocycles. The summed E-state index contributed by atoms with van der Waals surface area (Å²) in [5, 5.41) is 7.15. The molecule has 1 aliphatic carbocycles. The normalized spacial score (nSPS) is 16.8. The van der Waals surface area contributed by atoms with E-state index in [1.807, 2.05) is 48.5 Å². The zero-order valence-corrected chi connectivity index (χ0v) is 17.4. The number of fused-ring (bicyclic) bond motifs is 1. The van der Waals surface area contributed by atoms with E-state index in [-0.39, 0.29) is 23.3 Å². The van der Waals surface area contributed by atoms with Crippen molar-refractivity contribution in [2.75, 3.05) is 23.9 Å². The van der Waals surface area contributed by atoms with Crippen LogP contribution >= 0.6 is 11.8 Å². The molecule has 0 saturated heterocycles. The number of hydrazone groups is 1. The molecule has 29 heavy (non-hydrogen) atoms. The fraction of sp³-hybridized carbons (Fsp3) is 0.318. The van der Waals surface area contributed by atoms with Crippen LogP contribution in [0.2, 0.25) is 0 Å². The predicted octanol–water partition coefficient (Wildman–Crippen LogP) is 3.47. The Morgan fingerprint density at radius 3 is 2.62 bits per heavy atom. The molecular formula is C22H25N3O3S. The Hall–Kier alpha value is -2.80. The van der Waals surface area contributed by atoms with Crippen LogP contribution in [-0.4, -0.2) is 36.1 Å². The minimum atomic E-state index is -0.219. The van der Waals surface area contributed by atoms with Gasteiger partial charge in [-0.15, -0.1) is 11.8 Å². The predicted molar refractivity (Wildman–Crippen MR) is 118 cm³/mol. The van der Waals surface area contributed by atoms with E-state index >= 15 is 0 Å². The van der Waals surface area contributed by atoms with Crippen molar-refractivity contribution in [3.8, 4) is 5.75 Å². The topological polar surface area (TPSA) is 79.8 Å². The molecule has 6 nitrogen and oxygen atoms in total. The lowest BCUT2D eigenvalue weighted by atomic mass is 9.83. The third-order valence-corrected chi connectivity index (χ3v) is 5.51. The molecule has 1 atom stereocenters. The summed E-state index contributed by atoms with van der Waals surface area (Å²) in [6.07, 6.45) is 1.78. The van der Waals surface area contributed by atoms with Crippen molar-refractivity contribution in [1.29, 1.82) is 0 Å². The highest BCUT2D eigenvalue weighted by Gasteiger charge is 2.21. The summed E-state index contributed by atoms with van der Waals surface area (Å²) in [6, 6.07) is 15.2. The van der Waals surface area contributed by atoms with Crippen LogP contribution in [0.5, 0.6) is 5.75 Å². The number of benzene rings is 2. The smallest absolute Gasteiger partial charge is 0.250 e. The van der Waals surface area contributed by atoms with Crippen LogP contribution < -0.4 is 15.5 Å². The van der Waals surface area contributed by atoms with Crippen molar-refractivity contribution in [2.24, 2.45) is 11.0 Å². The Morgan fingerprint density at radius 2 is 1.86 bits per heavy atom. The number of hydrogen-bond donors (Lipinski definition) is 2. The number of methoxy groups -OCH3 is 1. The van der Waals surface area contributed by atoms with E-state index in [2.05, 4.69) is 22.8 Å². The van der Waals surface area contributed by atoms with Crippen LogP contribution in [0.3, 0.4) is 0 Å². The fourth-order valence-corrected chi connectivity index (χ4v) is 3.87. The minimum absolute atomic E-state index is 0.135. The van der Waals surface area contributed by atoms with Gasteiger partial charge in [0.05, 0.1) is 24.3 Å². The third-order valence-electron chi connectivity index (χ3n) is 4.57. The van der Waals surface area contributed by atoms with E-state index in [0.717, 1.165) is 35.6 Å². The minimum Gasteiger partial charge on any atom is -0.497 e. The summed E-state index contributed by atoms with van der Waals surface area (Å²) < 4.78 is 5.30. The van der Waals surface area contributed by atoms with Gasteiger partial charge in [-0.2, -0.15) is 5.10 Å². The van der Waals surface area contributed by atoms with Gasteiger partial charge in [0, 0.05) is 11.3 Å². The Balaban J connectivity index is 1.50. The van der Waals surface area contributed by atoms with Crippen molar-refractivity contribution in [2.45, 2.75) is 19.8 Å². The first kappa shape index (κ1) is 20.9. The lowest BCUT2D eigenvalue weighted by Gasteiger charge is -2.23. The van der Waals surface area contributed by atoms with Gasteiger partial charge in [-0.1, -0.05) is 25.1 Å². The molecule has 0 unspecified atom stereocenters.